The first-order chi connectivity index (χ1) is 13.9. The van der Waals surface area contributed by atoms with Crippen molar-refractivity contribution in [2.75, 3.05) is 45.6 Å². The predicted octanol–water partition coefficient (Wildman–Crippen LogP) is 3.01. The molecule has 3 rings (SSSR count). The second-order valence-corrected chi connectivity index (χ2v) is 9.86. The van der Waals surface area contributed by atoms with Crippen molar-refractivity contribution < 1.29 is 26.5 Å². The Hall–Kier alpha value is -1.95. The molecule has 168 valence electrons. The van der Waals surface area contributed by atoms with Crippen molar-refractivity contribution >= 4 is 39.5 Å². The largest absolute Gasteiger partial charge is 0.444 e. The standard InChI is InChI=1S/C12H24N2O5S.C7H5NOS/c1-12(2,3)19-11(15)14-7-5-13(6-8-14)9-10-18-20(4,16)17;10-7-8-5-3-1-2-4-6(5)9-7/h5-10H2,1-4H3;1-4H,(H,8,10). The summed E-state index contributed by atoms with van der Waals surface area (Å²) in [7, 11) is -3.38. The zero-order valence-electron chi connectivity index (χ0n) is 17.7. The molecule has 30 heavy (non-hydrogen) atoms. The molecule has 11 heteroatoms. The Morgan fingerprint density at radius 1 is 1.20 bits per heavy atom. The van der Waals surface area contributed by atoms with Gasteiger partial charge in [-0.05, 0) is 45.1 Å². The number of aromatic nitrogens is 1. The number of ether oxygens (including phenoxy) is 1. The fourth-order valence-corrected chi connectivity index (χ4v) is 3.27. The number of nitrogens with one attached hydrogen (secondary N) is 1. The third-order valence-corrected chi connectivity index (χ3v) is 4.84. The Bertz CT molecular complexity index is 949. The van der Waals surface area contributed by atoms with E-state index in [9.17, 15) is 13.2 Å². The fourth-order valence-electron chi connectivity index (χ4n) is 2.69. The minimum absolute atomic E-state index is 0.144. The number of hydrogen-bond acceptors (Lipinski definition) is 8. The van der Waals surface area contributed by atoms with E-state index in [-0.39, 0.29) is 12.7 Å². The molecule has 1 aromatic heterocycles. The molecule has 0 aliphatic carbocycles. The monoisotopic (exact) mass is 459 g/mol. The van der Waals surface area contributed by atoms with E-state index in [0.717, 1.165) is 17.4 Å². The van der Waals surface area contributed by atoms with Crippen LogP contribution in [0.2, 0.25) is 0 Å². The zero-order chi connectivity index (χ0) is 22.4. The van der Waals surface area contributed by atoms with Crippen LogP contribution >= 0.6 is 12.2 Å². The summed E-state index contributed by atoms with van der Waals surface area (Å²) < 4.78 is 36.8. The molecule has 2 aromatic rings. The molecule has 1 aliphatic rings. The highest BCUT2D eigenvalue weighted by atomic mass is 32.2. The zero-order valence-corrected chi connectivity index (χ0v) is 19.3. The van der Waals surface area contributed by atoms with Gasteiger partial charge in [0.2, 0.25) is 0 Å². The first-order valence-electron chi connectivity index (χ1n) is 9.55. The van der Waals surface area contributed by atoms with Crippen LogP contribution in [0.5, 0.6) is 0 Å². The maximum Gasteiger partial charge on any atom is 0.410 e. The molecule has 0 bridgehead atoms. The van der Waals surface area contributed by atoms with Crippen molar-refractivity contribution in [1.29, 1.82) is 0 Å². The molecule has 0 spiro atoms. The lowest BCUT2D eigenvalue weighted by Gasteiger charge is -2.35. The predicted molar refractivity (Wildman–Crippen MR) is 116 cm³/mol. The van der Waals surface area contributed by atoms with Crippen LogP contribution in [0, 0.1) is 4.84 Å². The Labute approximate surface area is 182 Å². The van der Waals surface area contributed by atoms with Crippen molar-refractivity contribution in [2.45, 2.75) is 26.4 Å². The van der Waals surface area contributed by atoms with Gasteiger partial charge in [0.1, 0.15) is 5.60 Å². The summed E-state index contributed by atoms with van der Waals surface area (Å²) >= 11 is 4.79. The average Bonchev–Trinajstić information content (AvgIpc) is 3.00. The third kappa shape index (κ3) is 8.82. The van der Waals surface area contributed by atoms with Crippen molar-refractivity contribution in [3.05, 3.63) is 29.1 Å². The van der Waals surface area contributed by atoms with Crippen LogP contribution in [0.25, 0.3) is 11.1 Å². The van der Waals surface area contributed by atoms with Crippen LogP contribution in [0.1, 0.15) is 20.8 Å². The molecular formula is C19H29N3O6S2. The number of aromatic amines is 1. The number of benzene rings is 1. The van der Waals surface area contributed by atoms with E-state index in [1.54, 1.807) is 4.90 Å². The van der Waals surface area contributed by atoms with Crippen LogP contribution < -0.4 is 0 Å². The smallest absolute Gasteiger partial charge is 0.410 e. The lowest BCUT2D eigenvalue weighted by atomic mass is 10.2. The van der Waals surface area contributed by atoms with E-state index in [4.69, 9.17) is 25.6 Å². The van der Waals surface area contributed by atoms with Crippen LogP contribution in [-0.4, -0.2) is 80.5 Å². The van der Waals surface area contributed by atoms with Crippen molar-refractivity contribution in [3.63, 3.8) is 0 Å². The van der Waals surface area contributed by atoms with Gasteiger partial charge in [-0.15, -0.1) is 0 Å². The number of oxazole rings is 1. The molecule has 0 saturated carbocycles. The van der Waals surface area contributed by atoms with E-state index >= 15 is 0 Å². The topological polar surface area (TPSA) is 105 Å². The number of rotatable bonds is 4. The highest BCUT2D eigenvalue weighted by Gasteiger charge is 2.25. The van der Waals surface area contributed by atoms with Gasteiger partial charge in [0.15, 0.2) is 5.58 Å². The second kappa shape index (κ2) is 10.4. The Morgan fingerprint density at radius 2 is 1.83 bits per heavy atom. The summed E-state index contributed by atoms with van der Waals surface area (Å²) in [6.07, 6.45) is 0.734. The molecule has 1 aromatic carbocycles. The van der Waals surface area contributed by atoms with Gasteiger partial charge in [0.05, 0.1) is 18.4 Å². The minimum Gasteiger partial charge on any atom is -0.444 e. The van der Waals surface area contributed by atoms with E-state index < -0.39 is 15.7 Å². The lowest BCUT2D eigenvalue weighted by Crippen LogP contribution is -2.50. The molecule has 1 aliphatic heterocycles. The molecule has 1 saturated heterocycles. The summed E-state index contributed by atoms with van der Waals surface area (Å²) in [5.41, 5.74) is 1.28. The normalized spacial score (nSPS) is 15.5. The Balaban J connectivity index is 0.000000263. The van der Waals surface area contributed by atoms with Crippen molar-refractivity contribution in [2.24, 2.45) is 0 Å². The Kier molecular flexibility index (Phi) is 8.42. The highest BCUT2D eigenvalue weighted by Crippen LogP contribution is 2.12. The van der Waals surface area contributed by atoms with E-state index in [1.807, 2.05) is 45.0 Å². The minimum atomic E-state index is -3.38. The van der Waals surface area contributed by atoms with Crippen LogP contribution in [0.15, 0.2) is 28.7 Å². The van der Waals surface area contributed by atoms with Crippen LogP contribution in [-0.2, 0) is 19.0 Å². The second-order valence-electron chi connectivity index (χ2n) is 7.85. The molecule has 1 fully saturated rings. The molecule has 1 amide bonds. The van der Waals surface area contributed by atoms with Crippen LogP contribution in [0.3, 0.4) is 0 Å². The average molecular weight is 460 g/mol. The van der Waals surface area contributed by atoms with Gasteiger partial charge in [0.25, 0.3) is 15.0 Å². The van der Waals surface area contributed by atoms with Gasteiger partial charge in [-0.1, -0.05) is 12.1 Å². The summed E-state index contributed by atoms with van der Waals surface area (Å²) in [6, 6.07) is 7.65. The number of hydrogen-bond donors (Lipinski definition) is 1. The van der Waals surface area contributed by atoms with Crippen molar-refractivity contribution in [3.8, 4) is 0 Å². The van der Waals surface area contributed by atoms with Gasteiger partial charge in [-0.2, -0.15) is 8.42 Å². The summed E-state index contributed by atoms with van der Waals surface area (Å²) in [5.74, 6) is 0. The summed E-state index contributed by atoms with van der Waals surface area (Å²) in [4.78, 5) is 18.9. The molecule has 9 nitrogen and oxygen atoms in total. The molecule has 0 unspecified atom stereocenters. The van der Waals surface area contributed by atoms with Crippen LogP contribution in [0.4, 0.5) is 4.79 Å². The molecule has 1 N–H and O–H groups in total. The molecule has 2 heterocycles. The molecular weight excluding hydrogens is 430 g/mol. The van der Waals surface area contributed by atoms with E-state index in [1.165, 1.54) is 0 Å². The van der Waals surface area contributed by atoms with Gasteiger partial charge in [-0.25, -0.2) is 4.79 Å². The number of fused-ring (bicyclic) bond motifs is 1. The number of carbonyl (C=O) groups is 1. The maximum atomic E-state index is 11.8. The quantitative estimate of drug-likeness (QED) is 0.550. The number of amides is 1. The summed E-state index contributed by atoms with van der Waals surface area (Å²) in [6.45, 7) is 8.72. The van der Waals surface area contributed by atoms with Gasteiger partial charge in [-0.3, -0.25) is 9.08 Å². The van der Waals surface area contributed by atoms with E-state index in [2.05, 4.69) is 9.88 Å². The van der Waals surface area contributed by atoms with Gasteiger partial charge >= 0.3 is 6.09 Å². The lowest BCUT2D eigenvalue weighted by molar-refractivity contribution is 0.0138. The highest BCUT2D eigenvalue weighted by molar-refractivity contribution is 7.85. The van der Waals surface area contributed by atoms with Gasteiger partial charge < -0.3 is 19.0 Å². The SMILES string of the molecule is CC(C)(C)OC(=O)N1CCN(CCOS(C)(=O)=O)CC1.S=c1[nH]c2ccccc2o1. The number of nitrogens with zero attached hydrogens (tertiary/aromatic N) is 2. The number of piperazine rings is 1. The first-order valence-corrected chi connectivity index (χ1v) is 11.8. The third-order valence-electron chi connectivity index (χ3n) is 4.06. The van der Waals surface area contributed by atoms with Crippen molar-refractivity contribution in [1.82, 2.24) is 14.8 Å². The maximum absolute atomic E-state index is 11.8. The number of H-pyrrole nitrogens is 1. The Morgan fingerprint density at radius 3 is 2.40 bits per heavy atom. The van der Waals surface area contributed by atoms with Gasteiger partial charge in [0, 0.05) is 32.7 Å². The first kappa shape index (κ1) is 24.3. The van der Waals surface area contributed by atoms with E-state index in [0.29, 0.717) is 37.6 Å². The molecule has 0 radical (unpaired) electrons. The number of carbonyl (C=O) groups excluding carboxylic acids is 1. The fraction of sp³-hybridized carbons (Fsp3) is 0.579. The molecule has 0 atom stereocenters. The summed E-state index contributed by atoms with van der Waals surface area (Å²) in [5, 5.41) is 0. The number of para-hydroxylation sites is 2.